The van der Waals surface area contributed by atoms with Crippen molar-refractivity contribution in [1.29, 1.82) is 0 Å². The van der Waals surface area contributed by atoms with Crippen molar-refractivity contribution in [2.75, 3.05) is 5.32 Å². The number of carbonyl (C=O) groups excluding carboxylic acids is 2. The van der Waals surface area contributed by atoms with Crippen molar-refractivity contribution in [3.8, 4) is 0 Å². The number of nitrogens with one attached hydrogen (secondary N) is 1. The third kappa shape index (κ3) is 3.78. The first kappa shape index (κ1) is 18.1. The van der Waals surface area contributed by atoms with Crippen LogP contribution in [0.4, 0.5) is 5.69 Å². The summed E-state index contributed by atoms with van der Waals surface area (Å²) < 4.78 is 6.38. The van der Waals surface area contributed by atoms with Gasteiger partial charge in [-0.15, -0.1) is 11.3 Å². The van der Waals surface area contributed by atoms with E-state index in [0.717, 1.165) is 32.5 Å². The van der Waals surface area contributed by atoms with Crippen LogP contribution in [-0.2, 0) is 9.53 Å². The number of rotatable bonds is 4. The minimum atomic E-state index is -0.882. The monoisotopic (exact) mass is 367 g/mol. The normalized spacial score (nSPS) is 12.0. The molecule has 1 N–H and O–H groups in total. The van der Waals surface area contributed by atoms with Crippen LogP contribution in [0, 0.1) is 20.8 Å². The topological polar surface area (TPSA) is 55.4 Å². The molecule has 3 rings (SSSR count). The SMILES string of the molecule is Cc1cc(C)c(NC(=O)[C@@H](C)OC(=O)c2cc3ccccc3s2)c(C)c1. The van der Waals surface area contributed by atoms with Crippen molar-refractivity contribution in [2.45, 2.75) is 33.8 Å². The van der Waals surface area contributed by atoms with Gasteiger partial charge in [0.2, 0.25) is 0 Å². The number of carbonyl (C=O) groups is 2. The molecular formula is C21H21NO3S. The number of anilines is 1. The van der Waals surface area contributed by atoms with Gasteiger partial charge < -0.3 is 10.1 Å². The molecular weight excluding hydrogens is 346 g/mol. The average molecular weight is 367 g/mol. The van der Waals surface area contributed by atoms with E-state index in [2.05, 4.69) is 5.32 Å². The Kier molecular flexibility index (Phi) is 5.09. The quantitative estimate of drug-likeness (QED) is 0.660. The number of amides is 1. The van der Waals surface area contributed by atoms with Crippen LogP contribution in [0.3, 0.4) is 0 Å². The van der Waals surface area contributed by atoms with Gasteiger partial charge in [0.05, 0.1) is 0 Å². The Morgan fingerprint density at radius 2 is 1.69 bits per heavy atom. The highest BCUT2D eigenvalue weighted by Crippen LogP contribution is 2.26. The summed E-state index contributed by atoms with van der Waals surface area (Å²) in [5.74, 6) is -0.819. The van der Waals surface area contributed by atoms with E-state index in [1.54, 1.807) is 13.0 Å². The molecule has 134 valence electrons. The summed E-state index contributed by atoms with van der Waals surface area (Å²) in [5, 5.41) is 3.87. The number of hydrogen-bond acceptors (Lipinski definition) is 4. The van der Waals surface area contributed by atoms with Gasteiger partial charge in [0.25, 0.3) is 5.91 Å². The van der Waals surface area contributed by atoms with Crippen molar-refractivity contribution in [2.24, 2.45) is 0 Å². The highest BCUT2D eigenvalue weighted by atomic mass is 32.1. The highest BCUT2D eigenvalue weighted by molar-refractivity contribution is 7.20. The van der Waals surface area contributed by atoms with Crippen LogP contribution in [0.2, 0.25) is 0 Å². The number of fused-ring (bicyclic) bond motifs is 1. The number of thiophene rings is 1. The van der Waals surface area contributed by atoms with E-state index in [9.17, 15) is 9.59 Å². The van der Waals surface area contributed by atoms with Gasteiger partial charge >= 0.3 is 5.97 Å². The summed E-state index contributed by atoms with van der Waals surface area (Å²) >= 11 is 1.36. The van der Waals surface area contributed by atoms with Crippen LogP contribution >= 0.6 is 11.3 Å². The van der Waals surface area contributed by atoms with Gasteiger partial charge in [-0.3, -0.25) is 4.79 Å². The fraction of sp³-hybridized carbons (Fsp3) is 0.238. The number of hydrogen-bond donors (Lipinski definition) is 1. The summed E-state index contributed by atoms with van der Waals surface area (Å²) in [4.78, 5) is 25.3. The Bertz CT molecular complexity index is 934. The van der Waals surface area contributed by atoms with E-state index in [-0.39, 0.29) is 5.91 Å². The van der Waals surface area contributed by atoms with E-state index in [1.165, 1.54) is 11.3 Å². The van der Waals surface area contributed by atoms with E-state index >= 15 is 0 Å². The molecule has 0 spiro atoms. The maximum Gasteiger partial charge on any atom is 0.349 e. The molecule has 3 aromatic rings. The van der Waals surface area contributed by atoms with Crippen LogP contribution < -0.4 is 5.32 Å². The van der Waals surface area contributed by atoms with Gasteiger partial charge in [-0.1, -0.05) is 35.9 Å². The second-order valence-electron chi connectivity index (χ2n) is 6.46. The molecule has 0 saturated carbocycles. The molecule has 1 aromatic heterocycles. The summed E-state index contributed by atoms with van der Waals surface area (Å²) in [5.41, 5.74) is 3.88. The van der Waals surface area contributed by atoms with Crippen molar-refractivity contribution in [3.05, 3.63) is 64.0 Å². The average Bonchev–Trinajstić information content (AvgIpc) is 3.02. The smallest absolute Gasteiger partial charge is 0.349 e. The first-order chi connectivity index (χ1) is 12.3. The molecule has 0 bridgehead atoms. The zero-order valence-corrected chi connectivity index (χ0v) is 16.1. The first-order valence-corrected chi connectivity index (χ1v) is 9.25. The van der Waals surface area contributed by atoms with Gasteiger partial charge in [-0.05, 0) is 56.3 Å². The minimum absolute atomic E-state index is 0.338. The Hall–Kier alpha value is -2.66. The molecule has 0 aliphatic carbocycles. The number of ether oxygens (including phenoxy) is 1. The van der Waals surface area contributed by atoms with E-state index in [4.69, 9.17) is 4.74 Å². The van der Waals surface area contributed by atoms with E-state index in [1.807, 2.05) is 57.2 Å². The molecule has 0 aliphatic heterocycles. The van der Waals surface area contributed by atoms with Gasteiger partial charge in [0, 0.05) is 10.4 Å². The van der Waals surface area contributed by atoms with Crippen molar-refractivity contribution < 1.29 is 14.3 Å². The summed E-state index contributed by atoms with van der Waals surface area (Å²) in [6, 6.07) is 13.6. The Labute approximate surface area is 156 Å². The molecule has 0 unspecified atom stereocenters. The zero-order valence-electron chi connectivity index (χ0n) is 15.3. The van der Waals surface area contributed by atoms with Crippen molar-refractivity contribution in [3.63, 3.8) is 0 Å². The highest BCUT2D eigenvalue weighted by Gasteiger charge is 2.21. The molecule has 5 heteroatoms. The lowest BCUT2D eigenvalue weighted by Gasteiger charge is -2.16. The summed E-state index contributed by atoms with van der Waals surface area (Å²) in [7, 11) is 0. The van der Waals surface area contributed by atoms with Crippen LogP contribution in [0.15, 0.2) is 42.5 Å². The number of benzene rings is 2. The van der Waals surface area contributed by atoms with Gasteiger partial charge in [0.15, 0.2) is 6.10 Å². The standard InChI is InChI=1S/C21H21NO3S/c1-12-9-13(2)19(14(3)10-12)22-20(23)15(4)25-21(24)18-11-16-7-5-6-8-17(16)26-18/h5-11,15H,1-4H3,(H,22,23)/t15-/m1/s1. The summed E-state index contributed by atoms with van der Waals surface area (Å²) in [6.45, 7) is 7.49. The molecule has 0 saturated heterocycles. The predicted octanol–water partition coefficient (Wildman–Crippen LogP) is 5.01. The Morgan fingerprint density at radius 1 is 1.04 bits per heavy atom. The molecule has 1 amide bonds. The molecule has 26 heavy (non-hydrogen) atoms. The molecule has 1 heterocycles. The van der Waals surface area contributed by atoms with Crippen LogP contribution in [-0.4, -0.2) is 18.0 Å². The van der Waals surface area contributed by atoms with Crippen LogP contribution in [0.1, 0.15) is 33.3 Å². The Balaban J connectivity index is 1.70. The molecule has 0 fully saturated rings. The van der Waals surface area contributed by atoms with Gasteiger partial charge in [0.1, 0.15) is 4.88 Å². The van der Waals surface area contributed by atoms with Crippen molar-refractivity contribution in [1.82, 2.24) is 0 Å². The lowest BCUT2D eigenvalue weighted by molar-refractivity contribution is -0.123. The predicted molar refractivity (Wildman–Crippen MR) is 106 cm³/mol. The maximum absolute atomic E-state index is 12.5. The minimum Gasteiger partial charge on any atom is -0.448 e. The molecule has 2 aromatic carbocycles. The van der Waals surface area contributed by atoms with Gasteiger partial charge in [-0.2, -0.15) is 0 Å². The van der Waals surface area contributed by atoms with Crippen molar-refractivity contribution >= 4 is 39.0 Å². The van der Waals surface area contributed by atoms with Crippen LogP contribution in [0.5, 0.6) is 0 Å². The zero-order chi connectivity index (χ0) is 18.8. The third-order valence-corrected chi connectivity index (χ3v) is 5.30. The van der Waals surface area contributed by atoms with E-state index in [0.29, 0.717) is 4.88 Å². The van der Waals surface area contributed by atoms with Crippen LogP contribution in [0.25, 0.3) is 10.1 Å². The lowest BCUT2D eigenvalue weighted by atomic mass is 10.0. The molecule has 4 nitrogen and oxygen atoms in total. The van der Waals surface area contributed by atoms with Gasteiger partial charge in [-0.25, -0.2) is 4.79 Å². The first-order valence-electron chi connectivity index (χ1n) is 8.43. The number of aryl methyl sites for hydroxylation is 3. The van der Waals surface area contributed by atoms with E-state index < -0.39 is 12.1 Å². The Morgan fingerprint density at radius 3 is 2.35 bits per heavy atom. The molecule has 0 aliphatic rings. The number of esters is 1. The second-order valence-corrected chi connectivity index (χ2v) is 7.54. The molecule has 0 radical (unpaired) electrons. The fourth-order valence-corrected chi connectivity index (χ4v) is 3.90. The third-order valence-electron chi connectivity index (χ3n) is 4.20. The maximum atomic E-state index is 12.5. The fourth-order valence-electron chi connectivity index (χ4n) is 2.96. The second kappa shape index (κ2) is 7.30. The summed E-state index contributed by atoms with van der Waals surface area (Å²) in [6.07, 6.45) is -0.882. The lowest BCUT2D eigenvalue weighted by Crippen LogP contribution is -2.30. The molecule has 1 atom stereocenters. The largest absolute Gasteiger partial charge is 0.448 e.